The van der Waals surface area contributed by atoms with E-state index >= 15 is 0 Å². The summed E-state index contributed by atoms with van der Waals surface area (Å²) in [4.78, 5) is 12.9. The standard InChI is InChI=1S/C23H32N2O5S/c1-5-7-13-25(14-8-6-2)31(27,28)22-11-9-19(10-12-22)24-23(26)18-15-20(29-3)17-21(16-18)30-4/h9-12,15-17H,5-8,13-14H2,1-4H3,(H,24,26). The van der Waals surface area contributed by atoms with Gasteiger partial charge in [0.15, 0.2) is 0 Å². The third-order valence-corrected chi connectivity index (χ3v) is 6.80. The Bertz CT molecular complexity index is 928. The maximum absolute atomic E-state index is 13.1. The summed E-state index contributed by atoms with van der Waals surface area (Å²) in [5, 5.41) is 2.78. The average molecular weight is 449 g/mol. The van der Waals surface area contributed by atoms with Crippen molar-refractivity contribution in [2.24, 2.45) is 0 Å². The van der Waals surface area contributed by atoms with Gasteiger partial charge in [-0.1, -0.05) is 26.7 Å². The summed E-state index contributed by atoms with van der Waals surface area (Å²) < 4.78 is 38.0. The number of carbonyl (C=O) groups excluding carboxylic acids is 1. The molecule has 0 radical (unpaired) electrons. The molecule has 2 aromatic carbocycles. The number of nitrogens with one attached hydrogen (secondary N) is 1. The highest BCUT2D eigenvalue weighted by Gasteiger charge is 2.23. The Labute approximate surface area is 185 Å². The van der Waals surface area contributed by atoms with E-state index in [2.05, 4.69) is 5.32 Å². The first-order chi connectivity index (χ1) is 14.8. The number of nitrogens with zero attached hydrogens (tertiary/aromatic N) is 1. The van der Waals surface area contributed by atoms with Crippen molar-refractivity contribution in [3.63, 3.8) is 0 Å². The molecule has 0 fully saturated rings. The molecule has 0 spiro atoms. The SMILES string of the molecule is CCCCN(CCCC)S(=O)(=O)c1ccc(NC(=O)c2cc(OC)cc(OC)c2)cc1. The van der Waals surface area contributed by atoms with Crippen LogP contribution >= 0.6 is 0 Å². The van der Waals surface area contributed by atoms with Crippen LogP contribution in [0.1, 0.15) is 49.9 Å². The zero-order valence-corrected chi connectivity index (χ0v) is 19.5. The highest BCUT2D eigenvalue weighted by atomic mass is 32.2. The van der Waals surface area contributed by atoms with Gasteiger partial charge >= 0.3 is 0 Å². The van der Waals surface area contributed by atoms with Gasteiger partial charge in [-0.15, -0.1) is 0 Å². The van der Waals surface area contributed by atoms with E-state index in [1.807, 2.05) is 13.8 Å². The van der Waals surface area contributed by atoms with Gasteiger partial charge in [0.05, 0.1) is 19.1 Å². The van der Waals surface area contributed by atoms with Crippen LogP contribution in [-0.4, -0.2) is 45.9 Å². The molecule has 1 N–H and O–H groups in total. The molecule has 0 aromatic heterocycles. The van der Waals surface area contributed by atoms with E-state index in [-0.39, 0.29) is 10.8 Å². The minimum absolute atomic E-state index is 0.223. The molecule has 0 aliphatic carbocycles. The van der Waals surface area contributed by atoms with Crippen molar-refractivity contribution in [1.82, 2.24) is 4.31 Å². The zero-order chi connectivity index (χ0) is 22.9. The summed E-state index contributed by atoms with van der Waals surface area (Å²) in [7, 11) is -0.546. The summed E-state index contributed by atoms with van der Waals surface area (Å²) in [5.41, 5.74) is 0.873. The van der Waals surface area contributed by atoms with Crippen LogP contribution in [0, 0.1) is 0 Å². The Morgan fingerprint density at radius 3 is 1.87 bits per heavy atom. The number of hydrogen-bond donors (Lipinski definition) is 1. The molecule has 2 rings (SSSR count). The van der Waals surface area contributed by atoms with Crippen LogP contribution in [-0.2, 0) is 10.0 Å². The first kappa shape index (κ1) is 24.7. The van der Waals surface area contributed by atoms with E-state index in [1.165, 1.54) is 26.4 Å². The fourth-order valence-electron chi connectivity index (χ4n) is 3.02. The quantitative estimate of drug-likeness (QED) is 0.515. The van der Waals surface area contributed by atoms with Crippen molar-refractivity contribution in [3.05, 3.63) is 48.0 Å². The predicted octanol–water partition coefficient (Wildman–Crippen LogP) is 4.55. The highest BCUT2D eigenvalue weighted by molar-refractivity contribution is 7.89. The number of hydrogen-bond acceptors (Lipinski definition) is 5. The van der Waals surface area contributed by atoms with E-state index < -0.39 is 10.0 Å². The second-order valence-electron chi connectivity index (χ2n) is 7.19. The Morgan fingerprint density at radius 2 is 1.42 bits per heavy atom. The third-order valence-electron chi connectivity index (χ3n) is 4.89. The summed E-state index contributed by atoms with van der Waals surface area (Å²) in [5.74, 6) is 0.663. The molecule has 0 aliphatic rings. The molecule has 0 aliphatic heterocycles. The van der Waals surface area contributed by atoms with Crippen molar-refractivity contribution in [2.75, 3.05) is 32.6 Å². The van der Waals surface area contributed by atoms with Gasteiger partial charge in [0.2, 0.25) is 10.0 Å². The minimum atomic E-state index is -3.57. The maximum atomic E-state index is 13.1. The molecule has 0 saturated heterocycles. The van der Waals surface area contributed by atoms with E-state index in [9.17, 15) is 13.2 Å². The van der Waals surface area contributed by atoms with Gasteiger partial charge in [-0.25, -0.2) is 8.42 Å². The molecular weight excluding hydrogens is 416 g/mol. The van der Waals surface area contributed by atoms with Gasteiger partial charge < -0.3 is 14.8 Å². The molecule has 2 aromatic rings. The lowest BCUT2D eigenvalue weighted by Crippen LogP contribution is -2.33. The summed E-state index contributed by atoms with van der Waals surface area (Å²) >= 11 is 0. The van der Waals surface area contributed by atoms with Crippen molar-refractivity contribution >= 4 is 21.6 Å². The Kier molecular flexibility index (Phi) is 9.33. The number of carbonyl (C=O) groups is 1. The molecule has 170 valence electrons. The van der Waals surface area contributed by atoms with Gasteiger partial charge in [-0.2, -0.15) is 4.31 Å². The smallest absolute Gasteiger partial charge is 0.255 e. The Hall–Kier alpha value is -2.58. The average Bonchev–Trinajstić information content (AvgIpc) is 2.78. The zero-order valence-electron chi connectivity index (χ0n) is 18.7. The summed E-state index contributed by atoms with van der Waals surface area (Å²) in [6.07, 6.45) is 3.50. The normalized spacial score (nSPS) is 11.4. The summed E-state index contributed by atoms with van der Waals surface area (Å²) in [6.45, 7) is 5.10. The number of unbranched alkanes of at least 4 members (excludes halogenated alkanes) is 2. The summed E-state index contributed by atoms with van der Waals surface area (Å²) in [6, 6.07) is 11.1. The molecule has 0 heterocycles. The van der Waals surface area contributed by atoms with Gasteiger partial charge in [0.1, 0.15) is 11.5 Å². The first-order valence-electron chi connectivity index (χ1n) is 10.5. The van der Waals surface area contributed by atoms with E-state index in [0.29, 0.717) is 35.8 Å². The molecule has 8 heteroatoms. The van der Waals surface area contributed by atoms with Gasteiger partial charge in [0, 0.05) is 30.4 Å². The highest BCUT2D eigenvalue weighted by Crippen LogP contribution is 2.24. The lowest BCUT2D eigenvalue weighted by atomic mass is 10.2. The second kappa shape index (κ2) is 11.7. The number of sulfonamides is 1. The van der Waals surface area contributed by atoms with Crippen LogP contribution < -0.4 is 14.8 Å². The molecule has 0 unspecified atom stereocenters. The fourth-order valence-corrected chi connectivity index (χ4v) is 4.54. The lowest BCUT2D eigenvalue weighted by Gasteiger charge is -2.22. The third kappa shape index (κ3) is 6.70. The number of amides is 1. The van der Waals surface area contributed by atoms with Crippen LogP contribution in [0.3, 0.4) is 0 Å². The van der Waals surface area contributed by atoms with Crippen LogP contribution in [0.5, 0.6) is 11.5 Å². The molecule has 0 atom stereocenters. The molecular formula is C23H32N2O5S. The van der Waals surface area contributed by atoms with Crippen molar-refractivity contribution in [3.8, 4) is 11.5 Å². The second-order valence-corrected chi connectivity index (χ2v) is 9.13. The van der Waals surface area contributed by atoms with E-state index in [1.54, 1.807) is 34.6 Å². The fraction of sp³-hybridized carbons (Fsp3) is 0.435. The van der Waals surface area contributed by atoms with Crippen molar-refractivity contribution < 1.29 is 22.7 Å². The Morgan fingerprint density at radius 1 is 0.903 bits per heavy atom. The van der Waals surface area contributed by atoms with Gasteiger partial charge in [-0.3, -0.25) is 4.79 Å². The molecule has 1 amide bonds. The van der Waals surface area contributed by atoms with Crippen LogP contribution in [0.4, 0.5) is 5.69 Å². The van der Waals surface area contributed by atoms with Crippen molar-refractivity contribution in [1.29, 1.82) is 0 Å². The Balaban J connectivity index is 2.17. The van der Waals surface area contributed by atoms with Crippen LogP contribution in [0.15, 0.2) is 47.4 Å². The van der Waals surface area contributed by atoms with Gasteiger partial charge in [-0.05, 0) is 49.2 Å². The van der Waals surface area contributed by atoms with Crippen LogP contribution in [0.25, 0.3) is 0 Å². The van der Waals surface area contributed by atoms with Gasteiger partial charge in [0.25, 0.3) is 5.91 Å². The van der Waals surface area contributed by atoms with Crippen molar-refractivity contribution in [2.45, 2.75) is 44.4 Å². The number of ether oxygens (including phenoxy) is 2. The minimum Gasteiger partial charge on any atom is -0.497 e. The maximum Gasteiger partial charge on any atom is 0.255 e. The monoisotopic (exact) mass is 448 g/mol. The molecule has 0 saturated carbocycles. The number of rotatable bonds is 12. The predicted molar refractivity (Wildman–Crippen MR) is 123 cm³/mol. The topological polar surface area (TPSA) is 84.9 Å². The number of benzene rings is 2. The molecule has 0 bridgehead atoms. The molecule has 7 nitrogen and oxygen atoms in total. The van der Waals surface area contributed by atoms with E-state index in [0.717, 1.165) is 25.7 Å². The number of anilines is 1. The van der Waals surface area contributed by atoms with E-state index in [4.69, 9.17) is 9.47 Å². The molecule has 31 heavy (non-hydrogen) atoms. The number of methoxy groups -OCH3 is 2. The van der Waals surface area contributed by atoms with Crippen LogP contribution in [0.2, 0.25) is 0 Å². The first-order valence-corrected chi connectivity index (χ1v) is 11.9. The largest absolute Gasteiger partial charge is 0.497 e. The lowest BCUT2D eigenvalue weighted by molar-refractivity contribution is 0.102.